The van der Waals surface area contributed by atoms with Crippen LogP contribution in [0.2, 0.25) is 0 Å². The molecule has 6 N–H and O–H groups in total. The summed E-state index contributed by atoms with van der Waals surface area (Å²) in [5, 5.41) is 15.8. The molecule has 1 heterocycles. The molecule has 0 aromatic rings. The van der Waals surface area contributed by atoms with Crippen LogP contribution in [0.15, 0.2) is 11.8 Å². The van der Waals surface area contributed by atoms with Crippen molar-refractivity contribution in [3.05, 3.63) is 11.8 Å². The van der Waals surface area contributed by atoms with E-state index >= 15 is 0 Å². The van der Waals surface area contributed by atoms with E-state index in [1.54, 1.807) is 0 Å². The summed E-state index contributed by atoms with van der Waals surface area (Å²) in [7, 11) is -7.25. The van der Waals surface area contributed by atoms with Gasteiger partial charge in [0.15, 0.2) is 0 Å². The van der Waals surface area contributed by atoms with Crippen LogP contribution in [0.1, 0.15) is 123 Å². The standard InChI is InChI=1S/C33H61N5O6S2/c1-24(2)22-38(46(43,44)29-17-15-26(34)16-18-29)27(23-39)10-8-9-19-35-33(40)32(37-45(41,42)28-11-4-3-5-12-28)20-25-21-36-31-14-7-6-13-30(25)31/h21,24,26-32,36-37,39H,3-20,22-23,34H2,1-2H3,(H,35,40)/t26?,27-,29?,30?,31?,32-/m0/s1. The number of sulfonamides is 2. The molecule has 3 aliphatic carbocycles. The van der Waals surface area contributed by atoms with Gasteiger partial charge in [0.05, 0.1) is 17.1 Å². The Balaban J connectivity index is 1.34. The topological polar surface area (TPSA) is 171 Å². The summed E-state index contributed by atoms with van der Waals surface area (Å²) >= 11 is 0. The number of aliphatic hydroxyl groups excluding tert-OH is 1. The predicted octanol–water partition coefficient (Wildman–Crippen LogP) is 3.25. The van der Waals surface area contributed by atoms with Gasteiger partial charge in [0, 0.05) is 37.1 Å². The summed E-state index contributed by atoms with van der Waals surface area (Å²) in [6.45, 7) is 4.39. The number of hydrogen-bond acceptors (Lipinski definition) is 8. The van der Waals surface area contributed by atoms with Crippen molar-refractivity contribution in [1.82, 2.24) is 19.7 Å². The Morgan fingerprint density at radius 1 is 0.957 bits per heavy atom. The molecule has 0 aromatic heterocycles. The summed E-state index contributed by atoms with van der Waals surface area (Å²) in [6, 6.07) is -0.983. The lowest BCUT2D eigenvalue weighted by Gasteiger charge is -2.36. The van der Waals surface area contributed by atoms with E-state index in [9.17, 15) is 26.7 Å². The maximum Gasteiger partial charge on any atom is 0.238 e. The van der Waals surface area contributed by atoms with Crippen LogP contribution in [0.3, 0.4) is 0 Å². The van der Waals surface area contributed by atoms with Crippen LogP contribution in [0, 0.1) is 11.8 Å². The molecule has 2 unspecified atom stereocenters. The maximum absolute atomic E-state index is 13.7. The van der Waals surface area contributed by atoms with Gasteiger partial charge in [-0.1, -0.05) is 52.4 Å². The fourth-order valence-corrected chi connectivity index (χ4v) is 12.0. The molecule has 11 nitrogen and oxygen atoms in total. The molecular formula is C33H61N5O6S2. The number of amides is 1. The maximum atomic E-state index is 13.7. The number of nitrogens with two attached hydrogens (primary N) is 1. The zero-order chi connectivity index (χ0) is 33.3. The highest BCUT2D eigenvalue weighted by molar-refractivity contribution is 7.90. The number of aliphatic hydroxyl groups is 1. The Morgan fingerprint density at radius 3 is 2.30 bits per heavy atom. The van der Waals surface area contributed by atoms with E-state index in [4.69, 9.17) is 5.73 Å². The van der Waals surface area contributed by atoms with Crippen molar-refractivity contribution in [3.8, 4) is 0 Å². The highest BCUT2D eigenvalue weighted by Gasteiger charge is 2.39. The molecule has 0 radical (unpaired) electrons. The van der Waals surface area contributed by atoms with Crippen molar-refractivity contribution in [3.63, 3.8) is 0 Å². The second-order valence-electron chi connectivity index (χ2n) is 14.7. The monoisotopic (exact) mass is 687 g/mol. The second-order valence-corrected chi connectivity index (χ2v) is 18.9. The lowest BCUT2D eigenvalue weighted by molar-refractivity contribution is -0.122. The number of nitrogens with zero attached hydrogens (tertiary/aromatic N) is 1. The minimum Gasteiger partial charge on any atom is -0.395 e. The molecule has 4 rings (SSSR count). The van der Waals surface area contributed by atoms with Gasteiger partial charge in [0.1, 0.15) is 6.04 Å². The smallest absolute Gasteiger partial charge is 0.238 e. The van der Waals surface area contributed by atoms with Crippen molar-refractivity contribution in [2.24, 2.45) is 17.6 Å². The number of carbonyl (C=O) groups excluding carboxylic acids is 1. The quantitative estimate of drug-likeness (QED) is 0.145. The minimum absolute atomic E-state index is 0.0479. The van der Waals surface area contributed by atoms with Gasteiger partial charge in [-0.15, -0.1) is 0 Å². The zero-order valence-electron chi connectivity index (χ0n) is 28.2. The largest absolute Gasteiger partial charge is 0.395 e. The third kappa shape index (κ3) is 10.1. The molecule has 0 bridgehead atoms. The molecule has 4 atom stereocenters. The molecule has 0 spiro atoms. The molecule has 13 heteroatoms. The zero-order valence-corrected chi connectivity index (χ0v) is 29.8. The van der Waals surface area contributed by atoms with Gasteiger partial charge in [-0.25, -0.2) is 21.6 Å². The van der Waals surface area contributed by atoms with Gasteiger partial charge < -0.3 is 21.5 Å². The van der Waals surface area contributed by atoms with Crippen LogP contribution >= 0.6 is 0 Å². The first-order valence-corrected chi connectivity index (χ1v) is 21.1. The first-order valence-electron chi connectivity index (χ1n) is 18.0. The summed E-state index contributed by atoms with van der Waals surface area (Å²) in [5.41, 5.74) is 7.15. The lowest BCUT2D eigenvalue weighted by atomic mass is 9.80. The van der Waals surface area contributed by atoms with Crippen molar-refractivity contribution >= 4 is 26.0 Å². The Hall–Kier alpha value is -1.25. The Morgan fingerprint density at radius 2 is 1.63 bits per heavy atom. The second kappa shape index (κ2) is 17.4. The third-order valence-corrected chi connectivity index (χ3v) is 15.0. The van der Waals surface area contributed by atoms with Gasteiger partial charge >= 0.3 is 0 Å². The summed E-state index contributed by atoms with van der Waals surface area (Å²) < 4.78 is 58.5. The fraction of sp³-hybridized carbons (Fsp3) is 0.909. The highest BCUT2D eigenvalue weighted by Crippen LogP contribution is 2.36. The molecule has 0 aromatic carbocycles. The highest BCUT2D eigenvalue weighted by atomic mass is 32.2. The van der Waals surface area contributed by atoms with Crippen LogP contribution in [0.25, 0.3) is 0 Å². The SMILES string of the molecule is CC(C)CN([C@H](CO)CCCCNC(=O)[C@H](CC1=CNC2CCCCC12)NS(=O)(=O)C1CCCCC1)S(=O)(=O)C1CCC(N)CC1. The third-order valence-electron chi connectivity index (χ3n) is 10.7. The van der Waals surface area contributed by atoms with E-state index in [-0.39, 0.29) is 24.5 Å². The average Bonchev–Trinajstić information content (AvgIpc) is 3.44. The normalized spacial score (nSPS) is 27.6. The number of carbonyl (C=O) groups is 1. The number of unbranched alkanes of at least 4 members (excludes halogenated alkanes) is 1. The number of fused-ring (bicyclic) bond motifs is 1. The van der Waals surface area contributed by atoms with Gasteiger partial charge in [0.2, 0.25) is 26.0 Å². The molecule has 46 heavy (non-hydrogen) atoms. The molecule has 0 saturated heterocycles. The summed E-state index contributed by atoms with van der Waals surface area (Å²) in [5.74, 6) is 0.129. The summed E-state index contributed by atoms with van der Waals surface area (Å²) in [4.78, 5) is 13.5. The van der Waals surface area contributed by atoms with Crippen LogP contribution in [0.4, 0.5) is 0 Å². The van der Waals surface area contributed by atoms with E-state index in [1.165, 1.54) is 10.7 Å². The van der Waals surface area contributed by atoms with Crippen LogP contribution in [0.5, 0.6) is 0 Å². The Kier molecular flexibility index (Phi) is 14.2. The van der Waals surface area contributed by atoms with Crippen LogP contribution < -0.4 is 21.1 Å². The van der Waals surface area contributed by atoms with Gasteiger partial charge in [-0.3, -0.25) is 4.79 Å². The van der Waals surface area contributed by atoms with E-state index in [0.29, 0.717) is 89.3 Å². The molecule has 3 saturated carbocycles. The molecule has 1 amide bonds. The lowest BCUT2D eigenvalue weighted by Crippen LogP contribution is -2.50. The number of nitrogens with one attached hydrogen (secondary N) is 3. The molecule has 1 aliphatic heterocycles. The van der Waals surface area contributed by atoms with Crippen molar-refractivity contribution < 1.29 is 26.7 Å². The first-order chi connectivity index (χ1) is 21.9. The van der Waals surface area contributed by atoms with Gasteiger partial charge in [-0.2, -0.15) is 4.31 Å². The van der Waals surface area contributed by atoms with E-state index in [2.05, 4.69) is 15.4 Å². The fourth-order valence-electron chi connectivity index (χ4n) is 7.96. The van der Waals surface area contributed by atoms with E-state index < -0.39 is 42.6 Å². The summed E-state index contributed by atoms with van der Waals surface area (Å²) in [6.07, 6.45) is 15.1. The Bertz CT molecular complexity index is 1210. The van der Waals surface area contributed by atoms with Gasteiger partial charge in [-0.05, 0) is 88.3 Å². The van der Waals surface area contributed by atoms with E-state index in [0.717, 1.165) is 44.1 Å². The van der Waals surface area contributed by atoms with Gasteiger partial charge in [0.25, 0.3) is 0 Å². The van der Waals surface area contributed by atoms with Crippen molar-refractivity contribution in [1.29, 1.82) is 0 Å². The number of rotatable bonds is 17. The van der Waals surface area contributed by atoms with Crippen LogP contribution in [-0.4, -0.2) is 86.5 Å². The molecular weight excluding hydrogens is 627 g/mol. The average molecular weight is 688 g/mol. The predicted molar refractivity (Wildman–Crippen MR) is 183 cm³/mol. The van der Waals surface area contributed by atoms with Crippen molar-refractivity contribution in [2.45, 2.75) is 158 Å². The van der Waals surface area contributed by atoms with E-state index in [1.807, 2.05) is 20.0 Å². The molecule has 4 aliphatic rings. The first kappa shape index (κ1) is 37.6. The van der Waals surface area contributed by atoms with Crippen molar-refractivity contribution in [2.75, 3.05) is 19.7 Å². The molecule has 3 fully saturated rings. The Labute approximate surface area is 278 Å². The number of hydrogen-bond donors (Lipinski definition) is 5. The molecule has 266 valence electrons. The minimum atomic E-state index is -3.65. The van der Waals surface area contributed by atoms with Crippen LogP contribution in [-0.2, 0) is 24.8 Å².